The first-order chi connectivity index (χ1) is 7.40. The van der Waals surface area contributed by atoms with E-state index in [4.69, 9.17) is 0 Å². The van der Waals surface area contributed by atoms with Gasteiger partial charge in [0.1, 0.15) is 5.82 Å². The van der Waals surface area contributed by atoms with Crippen molar-refractivity contribution < 1.29 is 0 Å². The molecule has 0 bridgehead atoms. The third-order valence-corrected chi connectivity index (χ3v) is 3.39. The van der Waals surface area contributed by atoms with Gasteiger partial charge >= 0.3 is 0 Å². The summed E-state index contributed by atoms with van der Waals surface area (Å²) in [5, 5.41) is 3.62. The van der Waals surface area contributed by atoms with Crippen LogP contribution >= 0.6 is 0 Å². The Bertz CT molecular complexity index is 262. The van der Waals surface area contributed by atoms with Crippen molar-refractivity contribution in [2.75, 3.05) is 6.54 Å². The molecule has 1 aliphatic carbocycles. The molecule has 0 saturated heterocycles. The second-order valence-corrected chi connectivity index (χ2v) is 4.49. The number of hydrogen-bond donors (Lipinski definition) is 2. The minimum atomic E-state index is 0.403. The molecule has 84 valence electrons. The molecule has 0 aliphatic heterocycles. The van der Waals surface area contributed by atoms with Crippen LogP contribution in [0.1, 0.15) is 50.9 Å². The quantitative estimate of drug-likeness (QED) is 0.779. The Labute approximate surface area is 91.7 Å². The van der Waals surface area contributed by atoms with Gasteiger partial charge in [-0.2, -0.15) is 0 Å². The van der Waals surface area contributed by atoms with Gasteiger partial charge in [-0.3, -0.25) is 0 Å². The highest BCUT2D eigenvalue weighted by atomic mass is 15.0. The number of nitrogens with zero attached hydrogens (tertiary/aromatic N) is 1. The van der Waals surface area contributed by atoms with Gasteiger partial charge in [-0.05, 0) is 31.7 Å². The molecule has 0 amide bonds. The predicted molar refractivity (Wildman–Crippen MR) is 61.6 cm³/mol. The molecule has 1 unspecified atom stereocenters. The maximum Gasteiger partial charge on any atom is 0.123 e. The molecule has 0 radical (unpaired) electrons. The summed E-state index contributed by atoms with van der Waals surface area (Å²) in [6, 6.07) is 0.403. The summed E-state index contributed by atoms with van der Waals surface area (Å²) in [5.41, 5.74) is 0. The zero-order chi connectivity index (χ0) is 10.5. The van der Waals surface area contributed by atoms with Crippen molar-refractivity contribution >= 4 is 0 Å². The molecule has 1 aliphatic rings. The van der Waals surface area contributed by atoms with Gasteiger partial charge in [0.2, 0.25) is 0 Å². The van der Waals surface area contributed by atoms with E-state index in [9.17, 15) is 0 Å². The van der Waals surface area contributed by atoms with E-state index in [1.807, 2.05) is 12.4 Å². The summed E-state index contributed by atoms with van der Waals surface area (Å²) < 4.78 is 0. The van der Waals surface area contributed by atoms with Crippen molar-refractivity contribution in [3.63, 3.8) is 0 Å². The third kappa shape index (κ3) is 2.81. The van der Waals surface area contributed by atoms with E-state index in [1.54, 1.807) is 0 Å². The minimum absolute atomic E-state index is 0.403. The van der Waals surface area contributed by atoms with Gasteiger partial charge < -0.3 is 10.3 Å². The van der Waals surface area contributed by atoms with Crippen LogP contribution in [0, 0.1) is 5.92 Å². The molecule has 3 nitrogen and oxygen atoms in total. The van der Waals surface area contributed by atoms with Gasteiger partial charge in [0.05, 0.1) is 6.04 Å². The molecule has 2 rings (SSSR count). The minimum Gasteiger partial charge on any atom is -0.347 e. The van der Waals surface area contributed by atoms with Gasteiger partial charge in [0, 0.05) is 12.4 Å². The van der Waals surface area contributed by atoms with E-state index in [1.165, 1.54) is 25.7 Å². The van der Waals surface area contributed by atoms with Crippen LogP contribution in [0.3, 0.4) is 0 Å². The Morgan fingerprint density at radius 2 is 2.33 bits per heavy atom. The lowest BCUT2D eigenvalue weighted by molar-refractivity contribution is 0.421. The molecule has 1 saturated carbocycles. The van der Waals surface area contributed by atoms with Crippen LogP contribution in [0.4, 0.5) is 0 Å². The molecule has 1 atom stereocenters. The largest absolute Gasteiger partial charge is 0.347 e. The van der Waals surface area contributed by atoms with E-state index in [-0.39, 0.29) is 0 Å². The van der Waals surface area contributed by atoms with E-state index in [2.05, 4.69) is 22.2 Å². The van der Waals surface area contributed by atoms with E-state index < -0.39 is 0 Å². The second-order valence-electron chi connectivity index (χ2n) is 4.49. The summed E-state index contributed by atoms with van der Waals surface area (Å²) >= 11 is 0. The average molecular weight is 207 g/mol. The zero-order valence-corrected chi connectivity index (χ0v) is 9.50. The first-order valence-corrected chi connectivity index (χ1v) is 6.12. The topological polar surface area (TPSA) is 40.7 Å². The lowest BCUT2D eigenvalue weighted by Gasteiger charge is -2.17. The van der Waals surface area contributed by atoms with Crippen molar-refractivity contribution in [3.8, 4) is 0 Å². The molecule has 1 aromatic heterocycles. The normalized spacial score (nSPS) is 19.5. The van der Waals surface area contributed by atoms with Crippen molar-refractivity contribution in [2.45, 2.75) is 45.1 Å². The smallest absolute Gasteiger partial charge is 0.123 e. The number of H-pyrrole nitrogens is 1. The van der Waals surface area contributed by atoms with Crippen molar-refractivity contribution in [1.82, 2.24) is 15.3 Å². The highest BCUT2D eigenvalue weighted by Gasteiger charge is 2.17. The standard InChI is InChI=1S/C12H21N3/c1-2-11(12-13-7-8-14-12)15-9-10-5-3-4-6-10/h7-8,10-11,15H,2-6,9H2,1H3,(H,13,14). The van der Waals surface area contributed by atoms with E-state index in [0.717, 1.165) is 24.7 Å². The molecule has 0 aromatic carbocycles. The maximum atomic E-state index is 4.31. The van der Waals surface area contributed by atoms with Crippen LogP contribution in [-0.4, -0.2) is 16.5 Å². The Hall–Kier alpha value is -0.830. The first kappa shape index (κ1) is 10.7. The van der Waals surface area contributed by atoms with Crippen LogP contribution in [0.15, 0.2) is 12.4 Å². The molecule has 0 spiro atoms. The monoisotopic (exact) mass is 207 g/mol. The third-order valence-electron chi connectivity index (χ3n) is 3.39. The van der Waals surface area contributed by atoms with Crippen molar-refractivity contribution in [1.29, 1.82) is 0 Å². The lowest BCUT2D eigenvalue weighted by Crippen LogP contribution is -2.26. The number of rotatable bonds is 5. The second kappa shape index (κ2) is 5.31. The number of hydrogen-bond acceptors (Lipinski definition) is 2. The fourth-order valence-corrected chi connectivity index (χ4v) is 2.43. The lowest BCUT2D eigenvalue weighted by atomic mass is 10.1. The molecule has 1 fully saturated rings. The molecule has 15 heavy (non-hydrogen) atoms. The number of nitrogens with one attached hydrogen (secondary N) is 2. The molecule has 1 aromatic rings. The summed E-state index contributed by atoms with van der Waals surface area (Å²) in [6.07, 6.45) is 10.5. The summed E-state index contributed by atoms with van der Waals surface area (Å²) in [5.74, 6) is 1.98. The molecule has 3 heteroatoms. The highest BCUT2D eigenvalue weighted by molar-refractivity contribution is 4.95. The Morgan fingerprint density at radius 3 is 2.93 bits per heavy atom. The van der Waals surface area contributed by atoms with Gasteiger partial charge in [0.25, 0.3) is 0 Å². The van der Waals surface area contributed by atoms with Crippen LogP contribution in [-0.2, 0) is 0 Å². The van der Waals surface area contributed by atoms with Gasteiger partial charge in [0.15, 0.2) is 0 Å². The maximum absolute atomic E-state index is 4.31. The molecular formula is C12H21N3. The van der Waals surface area contributed by atoms with Crippen LogP contribution in [0.2, 0.25) is 0 Å². The number of aromatic nitrogens is 2. The van der Waals surface area contributed by atoms with Crippen molar-refractivity contribution in [2.24, 2.45) is 5.92 Å². The van der Waals surface area contributed by atoms with E-state index >= 15 is 0 Å². The summed E-state index contributed by atoms with van der Waals surface area (Å²) in [7, 11) is 0. The Kier molecular flexibility index (Phi) is 3.78. The Balaban J connectivity index is 1.80. The van der Waals surface area contributed by atoms with E-state index in [0.29, 0.717) is 6.04 Å². The van der Waals surface area contributed by atoms with Crippen LogP contribution in [0.25, 0.3) is 0 Å². The molecule has 1 heterocycles. The fraction of sp³-hybridized carbons (Fsp3) is 0.750. The highest BCUT2D eigenvalue weighted by Crippen LogP contribution is 2.24. The SMILES string of the molecule is CCC(NCC1CCCC1)c1ncc[nH]1. The summed E-state index contributed by atoms with van der Waals surface area (Å²) in [6.45, 7) is 3.36. The molecular weight excluding hydrogens is 186 g/mol. The Morgan fingerprint density at radius 1 is 1.53 bits per heavy atom. The zero-order valence-electron chi connectivity index (χ0n) is 9.50. The van der Waals surface area contributed by atoms with Gasteiger partial charge in [-0.15, -0.1) is 0 Å². The summed E-state index contributed by atoms with van der Waals surface area (Å²) in [4.78, 5) is 7.50. The first-order valence-electron chi connectivity index (χ1n) is 6.12. The van der Waals surface area contributed by atoms with Crippen molar-refractivity contribution in [3.05, 3.63) is 18.2 Å². The number of aromatic amines is 1. The fourth-order valence-electron chi connectivity index (χ4n) is 2.43. The number of imidazole rings is 1. The average Bonchev–Trinajstić information content (AvgIpc) is 2.90. The molecule has 2 N–H and O–H groups in total. The van der Waals surface area contributed by atoms with Gasteiger partial charge in [-0.25, -0.2) is 4.98 Å². The van der Waals surface area contributed by atoms with Gasteiger partial charge in [-0.1, -0.05) is 19.8 Å². The van der Waals surface area contributed by atoms with Crippen LogP contribution < -0.4 is 5.32 Å². The van der Waals surface area contributed by atoms with Crippen LogP contribution in [0.5, 0.6) is 0 Å². The predicted octanol–water partition coefficient (Wildman–Crippen LogP) is 2.64.